The average molecular weight is 657 g/mol. The predicted molar refractivity (Wildman–Crippen MR) is 184 cm³/mol. The molecule has 0 radical (unpaired) electrons. The van der Waals surface area contributed by atoms with Crippen LogP contribution in [-0.2, 0) is 16.1 Å². The number of ether oxygens (including phenoxy) is 1. The summed E-state index contributed by atoms with van der Waals surface area (Å²) in [6, 6.07) is 16.3. The highest BCUT2D eigenvalue weighted by atomic mass is 16.5. The van der Waals surface area contributed by atoms with E-state index in [0.29, 0.717) is 31.9 Å². The van der Waals surface area contributed by atoms with E-state index in [-0.39, 0.29) is 42.5 Å². The van der Waals surface area contributed by atoms with Crippen molar-refractivity contribution in [2.24, 2.45) is 5.73 Å². The van der Waals surface area contributed by atoms with Gasteiger partial charge in [-0.2, -0.15) is 5.10 Å². The normalized spacial score (nSPS) is 19.6. The molecule has 12 heteroatoms. The summed E-state index contributed by atoms with van der Waals surface area (Å²) in [5.41, 5.74) is 8.81. The molecule has 2 atom stereocenters. The molecule has 0 unspecified atom stereocenters. The summed E-state index contributed by atoms with van der Waals surface area (Å²) in [5.74, 6) is 0.0762. The van der Waals surface area contributed by atoms with Crippen LogP contribution < -0.4 is 26.0 Å². The minimum Gasteiger partial charge on any atom is -0.478 e. The van der Waals surface area contributed by atoms with Gasteiger partial charge in [-0.1, -0.05) is 30.3 Å². The van der Waals surface area contributed by atoms with Crippen LogP contribution in [0.4, 0.5) is 10.5 Å². The predicted octanol–water partition coefficient (Wildman–Crippen LogP) is 3.64. The zero-order valence-electron chi connectivity index (χ0n) is 28.0. The van der Waals surface area contributed by atoms with Gasteiger partial charge in [-0.15, -0.1) is 0 Å². The zero-order valence-corrected chi connectivity index (χ0v) is 28.0. The van der Waals surface area contributed by atoms with Gasteiger partial charge < -0.3 is 35.8 Å². The maximum Gasteiger partial charge on any atom is 0.318 e. The number of nitrogens with two attached hydrogens (primary N) is 1. The first kappa shape index (κ1) is 33.3. The summed E-state index contributed by atoms with van der Waals surface area (Å²) < 4.78 is 6.17. The van der Waals surface area contributed by atoms with Crippen molar-refractivity contribution in [2.45, 2.75) is 82.6 Å². The van der Waals surface area contributed by atoms with Crippen molar-refractivity contribution in [3.05, 3.63) is 66.5 Å². The van der Waals surface area contributed by atoms with E-state index in [1.165, 1.54) is 0 Å². The second-order valence-electron chi connectivity index (χ2n) is 13.7. The largest absolute Gasteiger partial charge is 0.478 e. The molecule has 0 bridgehead atoms. The van der Waals surface area contributed by atoms with E-state index in [1.54, 1.807) is 24.9 Å². The molecule has 0 spiro atoms. The summed E-state index contributed by atoms with van der Waals surface area (Å²) in [5, 5.41) is 13.0. The van der Waals surface area contributed by atoms with Crippen molar-refractivity contribution in [1.29, 1.82) is 0 Å². The van der Waals surface area contributed by atoms with Gasteiger partial charge in [-0.05, 0) is 75.6 Å². The van der Waals surface area contributed by atoms with E-state index < -0.39 is 5.60 Å². The topological polar surface area (TPSA) is 149 Å². The fourth-order valence-corrected chi connectivity index (χ4v) is 6.71. The third-order valence-electron chi connectivity index (χ3n) is 9.61. The number of likely N-dealkylation sites (tertiary alicyclic amines) is 1. The van der Waals surface area contributed by atoms with E-state index in [0.717, 1.165) is 67.4 Å². The standard InChI is InChI=1S/C36H48N8O4/c1-36(2,34(46)38-22-33(45)43-17-5-8-31(43)19-37)48-32-9-3-7-30(18-32)42-16-4-6-28(24-42)41-35(47)44(29-14-15-29)23-25-10-12-26(13-11-25)27-20-39-40-21-27/h3,7,9-13,18,20-21,28-29,31H,4-6,8,14-17,19,22-24,37H2,1-2H3,(H,38,46)(H,39,40)(H,41,47)/t28-,31+/m1/s1. The molecule has 3 heterocycles. The monoisotopic (exact) mass is 656 g/mol. The van der Waals surface area contributed by atoms with Crippen molar-refractivity contribution in [2.75, 3.05) is 37.6 Å². The Morgan fingerprint density at radius 3 is 2.56 bits per heavy atom. The molecule has 12 nitrogen and oxygen atoms in total. The third-order valence-corrected chi connectivity index (χ3v) is 9.61. The van der Waals surface area contributed by atoms with Gasteiger partial charge in [0.2, 0.25) is 5.91 Å². The number of piperidine rings is 1. The second-order valence-corrected chi connectivity index (χ2v) is 13.7. The van der Waals surface area contributed by atoms with Crippen LogP contribution in [0.1, 0.15) is 57.9 Å². The van der Waals surface area contributed by atoms with Crippen LogP contribution in [-0.4, -0.2) is 94.3 Å². The smallest absolute Gasteiger partial charge is 0.318 e. The Labute approximate surface area is 282 Å². The Balaban J connectivity index is 1.02. The Bertz CT molecular complexity index is 1560. The molecule has 5 N–H and O–H groups in total. The molecule has 3 fully saturated rings. The molecular weight excluding hydrogens is 608 g/mol. The van der Waals surface area contributed by atoms with Crippen molar-refractivity contribution in [3.63, 3.8) is 0 Å². The number of rotatable bonds is 12. The van der Waals surface area contributed by atoms with Gasteiger partial charge in [-0.25, -0.2) is 4.79 Å². The molecule has 1 aliphatic carbocycles. The Morgan fingerprint density at radius 2 is 1.83 bits per heavy atom. The minimum absolute atomic E-state index is 0.00905. The summed E-state index contributed by atoms with van der Waals surface area (Å²) >= 11 is 0. The van der Waals surface area contributed by atoms with Crippen molar-refractivity contribution in [1.82, 2.24) is 30.6 Å². The molecule has 2 aromatic carbocycles. The van der Waals surface area contributed by atoms with Crippen LogP contribution in [0.3, 0.4) is 0 Å². The highest BCUT2D eigenvalue weighted by Gasteiger charge is 2.35. The van der Waals surface area contributed by atoms with Crippen molar-refractivity contribution >= 4 is 23.5 Å². The fourth-order valence-electron chi connectivity index (χ4n) is 6.71. The number of nitrogens with one attached hydrogen (secondary N) is 3. The van der Waals surface area contributed by atoms with E-state index in [4.69, 9.17) is 10.5 Å². The van der Waals surface area contributed by atoms with E-state index in [9.17, 15) is 14.4 Å². The molecule has 6 rings (SSSR count). The van der Waals surface area contributed by atoms with E-state index >= 15 is 0 Å². The van der Waals surface area contributed by atoms with Gasteiger partial charge in [0.15, 0.2) is 5.60 Å². The lowest BCUT2D eigenvalue weighted by atomic mass is 10.0. The number of H-pyrrole nitrogens is 1. The molecule has 48 heavy (non-hydrogen) atoms. The number of aromatic nitrogens is 2. The first-order valence-electron chi connectivity index (χ1n) is 17.2. The molecule has 1 saturated carbocycles. The first-order chi connectivity index (χ1) is 23.2. The lowest BCUT2D eigenvalue weighted by Crippen LogP contribution is -2.52. The number of carbonyl (C=O) groups excluding carboxylic acids is 3. The third kappa shape index (κ3) is 8.10. The van der Waals surface area contributed by atoms with Gasteiger partial charge >= 0.3 is 6.03 Å². The van der Waals surface area contributed by atoms with Gasteiger partial charge in [0.1, 0.15) is 5.75 Å². The number of urea groups is 1. The fraction of sp³-hybridized carbons (Fsp3) is 0.500. The lowest BCUT2D eigenvalue weighted by molar-refractivity contribution is -0.138. The van der Waals surface area contributed by atoms with Crippen LogP contribution in [0, 0.1) is 0 Å². The number of anilines is 1. The Morgan fingerprint density at radius 1 is 1.04 bits per heavy atom. The number of hydrogen-bond donors (Lipinski definition) is 4. The molecule has 2 aliphatic heterocycles. The van der Waals surface area contributed by atoms with Crippen molar-refractivity contribution in [3.8, 4) is 16.9 Å². The van der Waals surface area contributed by atoms with Gasteiger partial charge in [0.25, 0.3) is 5.91 Å². The number of carbonyl (C=O) groups is 3. The van der Waals surface area contributed by atoms with Gasteiger partial charge in [-0.3, -0.25) is 14.7 Å². The van der Waals surface area contributed by atoms with Crippen LogP contribution in [0.5, 0.6) is 5.75 Å². The van der Waals surface area contributed by atoms with Gasteiger partial charge in [0, 0.05) is 74.4 Å². The molecular formula is C36H48N8O4. The SMILES string of the molecule is CC(C)(Oc1cccc(N2CCC[C@@H](NC(=O)N(Cc3ccc(-c4cn[nH]c4)cc3)C3CC3)C2)c1)C(=O)NCC(=O)N1CCC[C@H]1CN. The summed E-state index contributed by atoms with van der Waals surface area (Å²) in [6.45, 7) is 6.52. The Hall–Kier alpha value is -4.58. The number of aromatic amines is 1. The highest BCUT2D eigenvalue weighted by molar-refractivity contribution is 5.89. The lowest BCUT2D eigenvalue weighted by Gasteiger charge is -2.36. The number of hydrogen-bond acceptors (Lipinski definition) is 7. The summed E-state index contributed by atoms with van der Waals surface area (Å²) in [6.07, 6.45) is 9.41. The molecule has 2 saturated heterocycles. The van der Waals surface area contributed by atoms with Crippen LogP contribution in [0.2, 0.25) is 0 Å². The average Bonchev–Trinajstić information content (AvgIpc) is 3.55. The van der Waals surface area contributed by atoms with Crippen LogP contribution in [0.25, 0.3) is 11.1 Å². The highest BCUT2D eigenvalue weighted by Crippen LogP contribution is 2.30. The summed E-state index contributed by atoms with van der Waals surface area (Å²) in [4.78, 5) is 45.3. The second kappa shape index (κ2) is 14.7. The Kier molecular flexibility index (Phi) is 10.2. The van der Waals surface area contributed by atoms with Crippen LogP contribution >= 0.6 is 0 Å². The number of amides is 4. The minimum atomic E-state index is -1.19. The van der Waals surface area contributed by atoms with Gasteiger partial charge in [0.05, 0.1) is 12.7 Å². The maximum atomic E-state index is 13.6. The number of benzene rings is 2. The zero-order chi connectivity index (χ0) is 33.7. The molecule has 256 valence electrons. The van der Waals surface area contributed by atoms with E-state index in [2.05, 4.69) is 50.0 Å². The molecule has 3 aromatic rings. The van der Waals surface area contributed by atoms with Crippen molar-refractivity contribution < 1.29 is 19.1 Å². The molecule has 1 aromatic heterocycles. The maximum absolute atomic E-state index is 13.6. The van der Waals surface area contributed by atoms with E-state index in [1.807, 2.05) is 35.4 Å². The molecule has 3 aliphatic rings. The quantitative estimate of drug-likeness (QED) is 0.233. The first-order valence-corrected chi connectivity index (χ1v) is 17.2. The molecule has 4 amide bonds. The summed E-state index contributed by atoms with van der Waals surface area (Å²) in [7, 11) is 0. The van der Waals surface area contributed by atoms with Crippen LogP contribution in [0.15, 0.2) is 60.9 Å². The number of nitrogens with zero attached hydrogens (tertiary/aromatic N) is 4.